The Kier molecular flexibility index (Phi) is 4.55. The molecule has 0 saturated carbocycles. The van der Waals surface area contributed by atoms with Gasteiger partial charge in [-0.3, -0.25) is 0 Å². The van der Waals surface area contributed by atoms with Gasteiger partial charge in [0.2, 0.25) is 0 Å². The fourth-order valence-corrected chi connectivity index (χ4v) is 1.91. The molecule has 1 aromatic carbocycles. The highest BCUT2D eigenvalue weighted by molar-refractivity contribution is 9.10. The van der Waals surface area contributed by atoms with Crippen LogP contribution in [0.25, 0.3) is 0 Å². The molecule has 0 radical (unpaired) electrons. The largest absolute Gasteiger partial charge is 0.493 e. The van der Waals surface area contributed by atoms with Crippen LogP contribution in [0.1, 0.15) is 5.56 Å². The number of aryl methyl sites for hydroxylation is 1. The van der Waals surface area contributed by atoms with E-state index in [0.29, 0.717) is 5.88 Å². The summed E-state index contributed by atoms with van der Waals surface area (Å²) in [4.78, 5) is 0. The lowest BCUT2D eigenvalue weighted by molar-refractivity contribution is 0.354. The van der Waals surface area contributed by atoms with Crippen molar-refractivity contribution in [2.75, 3.05) is 20.1 Å². The zero-order chi connectivity index (χ0) is 10.6. The van der Waals surface area contributed by atoms with Gasteiger partial charge in [-0.2, -0.15) is 0 Å². The Morgan fingerprint density at radius 3 is 2.29 bits per heavy atom. The van der Waals surface area contributed by atoms with Gasteiger partial charge in [0.15, 0.2) is 11.5 Å². The summed E-state index contributed by atoms with van der Waals surface area (Å²) in [5.41, 5.74) is 1.12. The molecule has 78 valence electrons. The van der Waals surface area contributed by atoms with E-state index >= 15 is 0 Å². The Morgan fingerprint density at radius 2 is 1.79 bits per heavy atom. The molecule has 0 atom stereocenters. The maximum absolute atomic E-state index is 5.68. The van der Waals surface area contributed by atoms with Gasteiger partial charge in [-0.1, -0.05) is 15.9 Å². The highest BCUT2D eigenvalue weighted by Crippen LogP contribution is 2.33. The molecule has 0 aliphatic rings. The first-order chi connectivity index (χ1) is 6.72. The second kappa shape index (κ2) is 5.47. The fourth-order valence-electron chi connectivity index (χ4n) is 1.19. The highest BCUT2D eigenvalue weighted by Gasteiger charge is 2.08. The number of hydrogen-bond donors (Lipinski definition) is 0. The van der Waals surface area contributed by atoms with Gasteiger partial charge in [0.05, 0.1) is 14.2 Å². The molecule has 0 bridgehead atoms. The van der Waals surface area contributed by atoms with E-state index in [1.54, 1.807) is 14.2 Å². The second-order valence-electron chi connectivity index (χ2n) is 2.74. The van der Waals surface area contributed by atoms with Gasteiger partial charge in [0.1, 0.15) is 0 Å². The lowest BCUT2D eigenvalue weighted by Crippen LogP contribution is -1.94. The Morgan fingerprint density at radius 1 is 1.21 bits per heavy atom. The van der Waals surface area contributed by atoms with Crippen molar-refractivity contribution in [2.45, 2.75) is 6.42 Å². The number of benzene rings is 1. The SMILES string of the molecule is COc1cc(Br)c(CCCl)cc1OC. The molecule has 0 aliphatic carbocycles. The van der Waals surface area contributed by atoms with E-state index in [2.05, 4.69) is 15.9 Å². The predicted molar refractivity (Wildman–Crippen MR) is 61.7 cm³/mol. The smallest absolute Gasteiger partial charge is 0.161 e. The van der Waals surface area contributed by atoms with Crippen molar-refractivity contribution in [3.63, 3.8) is 0 Å². The van der Waals surface area contributed by atoms with E-state index < -0.39 is 0 Å². The zero-order valence-corrected chi connectivity index (χ0v) is 10.5. The van der Waals surface area contributed by atoms with Crippen molar-refractivity contribution in [2.24, 2.45) is 0 Å². The Hall–Kier alpha value is -0.410. The van der Waals surface area contributed by atoms with Crippen molar-refractivity contribution >= 4 is 27.5 Å². The number of alkyl halides is 1. The minimum atomic E-state index is 0.591. The lowest BCUT2D eigenvalue weighted by Gasteiger charge is -2.10. The summed E-state index contributed by atoms with van der Waals surface area (Å²) in [6, 6.07) is 3.83. The minimum Gasteiger partial charge on any atom is -0.493 e. The van der Waals surface area contributed by atoms with Crippen LogP contribution in [-0.4, -0.2) is 20.1 Å². The van der Waals surface area contributed by atoms with Crippen molar-refractivity contribution in [1.82, 2.24) is 0 Å². The molecule has 0 aliphatic heterocycles. The zero-order valence-electron chi connectivity index (χ0n) is 8.14. The third kappa shape index (κ3) is 2.55. The first-order valence-corrected chi connectivity index (χ1v) is 5.52. The maximum atomic E-state index is 5.68. The molecule has 1 rings (SSSR count). The number of hydrogen-bond acceptors (Lipinski definition) is 2. The second-order valence-corrected chi connectivity index (χ2v) is 3.97. The first kappa shape index (κ1) is 11.7. The van der Waals surface area contributed by atoms with E-state index in [0.717, 1.165) is 28.0 Å². The van der Waals surface area contributed by atoms with Crippen LogP contribution in [-0.2, 0) is 6.42 Å². The molecule has 0 N–H and O–H groups in total. The van der Waals surface area contributed by atoms with Crippen LogP contribution in [0.3, 0.4) is 0 Å². The van der Waals surface area contributed by atoms with Gasteiger partial charge < -0.3 is 9.47 Å². The standard InChI is InChI=1S/C10H12BrClO2/c1-13-9-5-7(3-4-12)8(11)6-10(9)14-2/h5-6H,3-4H2,1-2H3. The summed E-state index contributed by atoms with van der Waals surface area (Å²) < 4.78 is 11.3. The van der Waals surface area contributed by atoms with Crippen LogP contribution in [0.5, 0.6) is 11.5 Å². The summed E-state index contributed by atoms with van der Waals surface area (Å²) in [6.45, 7) is 0. The summed E-state index contributed by atoms with van der Waals surface area (Å²) in [5, 5.41) is 0. The molecule has 0 unspecified atom stereocenters. The molecule has 0 saturated heterocycles. The average molecular weight is 280 g/mol. The van der Waals surface area contributed by atoms with Gasteiger partial charge in [0.25, 0.3) is 0 Å². The molecule has 14 heavy (non-hydrogen) atoms. The van der Waals surface area contributed by atoms with E-state index in [1.165, 1.54) is 0 Å². The first-order valence-electron chi connectivity index (χ1n) is 4.19. The normalized spacial score (nSPS) is 10.0. The van der Waals surface area contributed by atoms with Crippen LogP contribution < -0.4 is 9.47 Å². The van der Waals surface area contributed by atoms with Gasteiger partial charge in [-0.05, 0) is 24.1 Å². The lowest BCUT2D eigenvalue weighted by atomic mass is 10.1. The number of methoxy groups -OCH3 is 2. The molecule has 2 nitrogen and oxygen atoms in total. The number of rotatable bonds is 4. The average Bonchev–Trinajstić information content (AvgIpc) is 2.20. The molecule has 0 aromatic heterocycles. The van der Waals surface area contributed by atoms with Crippen molar-refractivity contribution in [3.8, 4) is 11.5 Å². The Labute approximate surface area is 97.3 Å². The predicted octanol–water partition coefficient (Wildman–Crippen LogP) is 3.25. The fraction of sp³-hybridized carbons (Fsp3) is 0.400. The molecular formula is C10H12BrClO2. The van der Waals surface area contributed by atoms with Gasteiger partial charge >= 0.3 is 0 Å². The van der Waals surface area contributed by atoms with Crippen LogP contribution in [0, 0.1) is 0 Å². The van der Waals surface area contributed by atoms with E-state index in [9.17, 15) is 0 Å². The molecule has 1 aromatic rings. The molecular weight excluding hydrogens is 267 g/mol. The molecule has 0 amide bonds. The topological polar surface area (TPSA) is 18.5 Å². The number of ether oxygens (including phenoxy) is 2. The van der Waals surface area contributed by atoms with Crippen molar-refractivity contribution in [1.29, 1.82) is 0 Å². The molecule has 0 heterocycles. The summed E-state index contributed by atoms with van der Waals surface area (Å²) in [5.74, 6) is 2.04. The molecule has 4 heteroatoms. The van der Waals surface area contributed by atoms with E-state index in [-0.39, 0.29) is 0 Å². The van der Waals surface area contributed by atoms with Crippen molar-refractivity contribution in [3.05, 3.63) is 22.2 Å². The van der Waals surface area contributed by atoms with Crippen molar-refractivity contribution < 1.29 is 9.47 Å². The van der Waals surface area contributed by atoms with E-state index in [1.807, 2.05) is 12.1 Å². The summed E-state index contributed by atoms with van der Waals surface area (Å²) in [6.07, 6.45) is 0.808. The molecule has 0 fully saturated rings. The third-order valence-electron chi connectivity index (χ3n) is 1.92. The van der Waals surface area contributed by atoms with E-state index in [4.69, 9.17) is 21.1 Å². The monoisotopic (exact) mass is 278 g/mol. The summed E-state index contributed by atoms with van der Waals surface area (Å²) in [7, 11) is 3.24. The van der Waals surface area contributed by atoms with Crippen LogP contribution in [0.4, 0.5) is 0 Å². The third-order valence-corrected chi connectivity index (χ3v) is 2.84. The van der Waals surface area contributed by atoms with Crippen LogP contribution >= 0.6 is 27.5 Å². The summed E-state index contributed by atoms with van der Waals surface area (Å²) >= 11 is 9.14. The highest BCUT2D eigenvalue weighted by atomic mass is 79.9. The van der Waals surface area contributed by atoms with Crippen LogP contribution in [0.15, 0.2) is 16.6 Å². The molecule has 0 spiro atoms. The number of halogens is 2. The van der Waals surface area contributed by atoms with Crippen LogP contribution in [0.2, 0.25) is 0 Å². The van der Waals surface area contributed by atoms with Gasteiger partial charge in [-0.25, -0.2) is 0 Å². The minimum absolute atomic E-state index is 0.591. The van der Waals surface area contributed by atoms with Gasteiger partial charge in [-0.15, -0.1) is 11.6 Å². The Balaban J connectivity index is 3.09. The maximum Gasteiger partial charge on any atom is 0.161 e. The van der Waals surface area contributed by atoms with Gasteiger partial charge in [0, 0.05) is 10.4 Å². The Bertz CT molecular complexity index is 315. The quantitative estimate of drug-likeness (QED) is 0.788.